The molecule has 1 N–H and O–H groups in total. The molecule has 4 nitrogen and oxygen atoms in total. The van der Waals surface area contributed by atoms with Crippen molar-refractivity contribution in [3.63, 3.8) is 0 Å². The highest BCUT2D eigenvalue weighted by Crippen LogP contribution is 2.21. The third-order valence-corrected chi connectivity index (χ3v) is 2.21. The smallest absolute Gasteiger partial charge is 0.339 e. The van der Waals surface area contributed by atoms with Crippen molar-refractivity contribution < 1.29 is 18.7 Å². The Balaban J connectivity index is 3.00. The quantitative estimate of drug-likeness (QED) is 0.669. The number of carbonyl (C=O) groups is 2. The average molecular weight is 258 g/mol. The summed E-state index contributed by atoms with van der Waals surface area (Å²) in [5.41, 5.74) is 0.301. The van der Waals surface area contributed by atoms with Gasteiger partial charge in [0.2, 0.25) is 0 Å². The van der Waals surface area contributed by atoms with E-state index in [0.717, 1.165) is 0 Å². The Kier molecular flexibility index (Phi) is 4.23. The van der Waals surface area contributed by atoms with Crippen molar-refractivity contribution in [3.8, 4) is 0 Å². The van der Waals surface area contributed by atoms with Crippen LogP contribution in [0.15, 0.2) is 30.6 Å². The summed E-state index contributed by atoms with van der Waals surface area (Å²) < 4.78 is 17.0. The van der Waals surface area contributed by atoms with E-state index in [0.29, 0.717) is 0 Å². The largest absolute Gasteiger partial charge is 0.465 e. The maximum Gasteiger partial charge on any atom is 0.339 e. The SMILES string of the molecule is C=C(F)C(=O)Nc1ccc(Cl)c(C(=O)OC)c1. The third kappa shape index (κ3) is 3.29. The number of rotatable bonds is 3. The third-order valence-electron chi connectivity index (χ3n) is 1.88. The Hall–Kier alpha value is -1.88. The highest BCUT2D eigenvalue weighted by atomic mass is 35.5. The molecule has 0 aliphatic rings. The summed E-state index contributed by atoms with van der Waals surface area (Å²) in [5.74, 6) is -2.76. The van der Waals surface area contributed by atoms with Crippen molar-refractivity contribution in [2.75, 3.05) is 12.4 Å². The topological polar surface area (TPSA) is 55.4 Å². The van der Waals surface area contributed by atoms with Gasteiger partial charge in [0.05, 0.1) is 17.7 Å². The number of halogens is 2. The Morgan fingerprint density at radius 2 is 2.12 bits per heavy atom. The van der Waals surface area contributed by atoms with Gasteiger partial charge >= 0.3 is 5.97 Å². The van der Waals surface area contributed by atoms with Crippen LogP contribution in [-0.2, 0) is 9.53 Å². The first-order valence-corrected chi connectivity index (χ1v) is 4.87. The van der Waals surface area contributed by atoms with Gasteiger partial charge in [-0.15, -0.1) is 0 Å². The molecule has 0 aliphatic carbocycles. The van der Waals surface area contributed by atoms with Crippen molar-refractivity contribution in [2.45, 2.75) is 0 Å². The molecule has 1 amide bonds. The number of benzene rings is 1. The molecule has 17 heavy (non-hydrogen) atoms. The molecule has 1 aromatic rings. The van der Waals surface area contributed by atoms with E-state index < -0.39 is 17.7 Å². The summed E-state index contributed by atoms with van der Waals surface area (Å²) in [7, 11) is 1.20. The summed E-state index contributed by atoms with van der Waals surface area (Å²) >= 11 is 5.76. The molecule has 0 atom stereocenters. The number of anilines is 1. The molecule has 6 heteroatoms. The average Bonchev–Trinajstić information content (AvgIpc) is 2.30. The predicted molar refractivity (Wildman–Crippen MR) is 61.7 cm³/mol. The fourth-order valence-electron chi connectivity index (χ4n) is 1.07. The number of esters is 1. The molecule has 0 aromatic heterocycles. The fraction of sp³-hybridized carbons (Fsp3) is 0.0909. The van der Waals surface area contributed by atoms with Crippen molar-refractivity contribution in [2.24, 2.45) is 0 Å². The predicted octanol–water partition coefficient (Wildman–Crippen LogP) is 2.55. The van der Waals surface area contributed by atoms with E-state index in [2.05, 4.69) is 16.6 Å². The second kappa shape index (κ2) is 5.45. The number of methoxy groups -OCH3 is 1. The first-order chi connectivity index (χ1) is 7.95. The van der Waals surface area contributed by atoms with Gasteiger partial charge in [-0.05, 0) is 18.2 Å². The van der Waals surface area contributed by atoms with Crippen LogP contribution in [0.2, 0.25) is 5.02 Å². The first-order valence-electron chi connectivity index (χ1n) is 4.49. The molecule has 1 aromatic carbocycles. The summed E-state index contributed by atoms with van der Waals surface area (Å²) in [6.07, 6.45) is 0. The molecule has 0 spiro atoms. The molecule has 90 valence electrons. The molecule has 0 heterocycles. The Bertz CT molecular complexity index is 488. The van der Waals surface area contributed by atoms with Crippen molar-refractivity contribution in [3.05, 3.63) is 41.2 Å². The van der Waals surface area contributed by atoms with Gasteiger partial charge in [-0.25, -0.2) is 9.18 Å². The minimum atomic E-state index is -1.13. The first kappa shape index (κ1) is 13.2. The lowest BCUT2D eigenvalue weighted by atomic mass is 10.2. The Morgan fingerprint density at radius 1 is 1.47 bits per heavy atom. The standard InChI is InChI=1S/C11H9ClFNO3/c1-6(13)10(15)14-7-3-4-9(12)8(5-7)11(16)17-2/h3-5H,1H2,2H3,(H,14,15). The molecular weight excluding hydrogens is 249 g/mol. The number of amides is 1. The normalized spacial score (nSPS) is 9.59. The van der Waals surface area contributed by atoms with Gasteiger partial charge in [0.15, 0.2) is 5.83 Å². The van der Waals surface area contributed by atoms with Crippen LogP contribution in [0.4, 0.5) is 10.1 Å². The molecule has 0 fully saturated rings. The van der Waals surface area contributed by atoms with Crippen LogP contribution in [0.5, 0.6) is 0 Å². The summed E-state index contributed by atoms with van der Waals surface area (Å²) in [6, 6.07) is 4.11. The van der Waals surface area contributed by atoms with E-state index in [1.165, 1.54) is 25.3 Å². The minimum absolute atomic E-state index is 0.0800. The monoisotopic (exact) mass is 257 g/mol. The van der Waals surface area contributed by atoms with Crippen LogP contribution in [-0.4, -0.2) is 19.0 Å². The van der Waals surface area contributed by atoms with Crippen LogP contribution in [0.25, 0.3) is 0 Å². The Morgan fingerprint density at radius 3 is 2.65 bits per heavy atom. The van der Waals surface area contributed by atoms with Gasteiger partial charge in [0.1, 0.15) is 0 Å². The molecule has 0 saturated heterocycles. The molecule has 1 rings (SSSR count). The second-order valence-corrected chi connectivity index (χ2v) is 3.45. The number of nitrogens with one attached hydrogen (secondary N) is 1. The minimum Gasteiger partial charge on any atom is -0.465 e. The van der Waals surface area contributed by atoms with E-state index in [1.54, 1.807) is 0 Å². The summed E-state index contributed by atoms with van der Waals surface area (Å²) in [6.45, 7) is 2.85. The summed E-state index contributed by atoms with van der Waals surface area (Å²) in [4.78, 5) is 22.3. The highest BCUT2D eigenvalue weighted by molar-refractivity contribution is 6.33. The van der Waals surface area contributed by atoms with Crippen LogP contribution < -0.4 is 5.32 Å². The fourth-order valence-corrected chi connectivity index (χ4v) is 1.26. The maximum atomic E-state index is 12.5. The van der Waals surface area contributed by atoms with Crippen molar-refractivity contribution in [1.29, 1.82) is 0 Å². The van der Waals surface area contributed by atoms with Crippen molar-refractivity contribution in [1.82, 2.24) is 0 Å². The molecule has 0 aliphatic heterocycles. The van der Waals surface area contributed by atoms with Crippen LogP contribution in [0, 0.1) is 0 Å². The van der Waals surface area contributed by atoms with Gasteiger partial charge in [0, 0.05) is 5.69 Å². The van der Waals surface area contributed by atoms with Gasteiger partial charge in [-0.2, -0.15) is 0 Å². The second-order valence-electron chi connectivity index (χ2n) is 3.05. The molecule has 0 saturated carbocycles. The van der Waals surface area contributed by atoms with E-state index in [9.17, 15) is 14.0 Å². The number of hydrogen-bond donors (Lipinski definition) is 1. The number of hydrogen-bond acceptors (Lipinski definition) is 3. The van der Waals surface area contributed by atoms with E-state index in [-0.39, 0.29) is 16.3 Å². The molecule has 0 unspecified atom stereocenters. The Labute approximate surface area is 102 Å². The number of carbonyl (C=O) groups excluding carboxylic acids is 2. The lowest BCUT2D eigenvalue weighted by Crippen LogP contribution is -2.12. The molecule has 0 bridgehead atoms. The van der Waals surface area contributed by atoms with Crippen LogP contribution >= 0.6 is 11.6 Å². The lowest BCUT2D eigenvalue weighted by Gasteiger charge is -2.06. The lowest BCUT2D eigenvalue weighted by molar-refractivity contribution is -0.114. The zero-order chi connectivity index (χ0) is 13.0. The van der Waals surface area contributed by atoms with Gasteiger partial charge in [-0.3, -0.25) is 4.79 Å². The molecule has 0 radical (unpaired) electrons. The van der Waals surface area contributed by atoms with Crippen molar-refractivity contribution >= 4 is 29.2 Å². The zero-order valence-electron chi connectivity index (χ0n) is 8.92. The number of ether oxygens (including phenoxy) is 1. The van der Waals surface area contributed by atoms with Gasteiger partial charge < -0.3 is 10.1 Å². The summed E-state index contributed by atoms with van der Waals surface area (Å²) in [5, 5.41) is 2.38. The van der Waals surface area contributed by atoms with E-state index >= 15 is 0 Å². The highest BCUT2D eigenvalue weighted by Gasteiger charge is 2.13. The van der Waals surface area contributed by atoms with Gasteiger partial charge in [-0.1, -0.05) is 18.2 Å². The maximum absolute atomic E-state index is 12.5. The van der Waals surface area contributed by atoms with Crippen LogP contribution in [0.3, 0.4) is 0 Å². The molecular formula is C11H9ClFNO3. The van der Waals surface area contributed by atoms with E-state index in [1.807, 2.05) is 0 Å². The van der Waals surface area contributed by atoms with Crippen LogP contribution in [0.1, 0.15) is 10.4 Å². The van der Waals surface area contributed by atoms with Gasteiger partial charge in [0.25, 0.3) is 5.91 Å². The zero-order valence-corrected chi connectivity index (χ0v) is 9.68. The van der Waals surface area contributed by atoms with E-state index in [4.69, 9.17) is 11.6 Å².